The highest BCUT2D eigenvalue weighted by Crippen LogP contribution is 2.37. The summed E-state index contributed by atoms with van der Waals surface area (Å²) in [6, 6.07) is 78.1. The van der Waals surface area contributed by atoms with Crippen LogP contribution in [0.25, 0.3) is 0 Å². The molecule has 0 bridgehead atoms. The molecule has 0 aliphatic carbocycles. The van der Waals surface area contributed by atoms with Crippen LogP contribution in [-0.2, 0) is 50.1 Å². The van der Waals surface area contributed by atoms with E-state index >= 15 is 0 Å². The van der Waals surface area contributed by atoms with Crippen molar-refractivity contribution in [2.45, 2.75) is 134 Å². The quantitative estimate of drug-likeness (QED) is 0.0234. The summed E-state index contributed by atoms with van der Waals surface area (Å²) < 4.78 is 162. The van der Waals surface area contributed by atoms with Gasteiger partial charge in [-0.15, -0.1) is 0 Å². The van der Waals surface area contributed by atoms with Crippen molar-refractivity contribution in [2.24, 2.45) is 0 Å². The highest BCUT2D eigenvalue weighted by Gasteiger charge is 2.28. The zero-order chi connectivity index (χ0) is 102. The fourth-order valence-electron chi connectivity index (χ4n) is 12.6. The minimum atomic E-state index is -4.04. The summed E-state index contributed by atoms with van der Waals surface area (Å²) >= 11 is 19.5. The minimum Gasteiger partial charge on any atom is -0.491 e. The van der Waals surface area contributed by atoms with Crippen LogP contribution in [-0.4, -0.2) is 120 Å². The number of carbonyl (C=O) groups is 4. The second-order valence-corrected chi connectivity index (χ2v) is 42.6. The van der Waals surface area contributed by atoms with E-state index in [0.29, 0.717) is 72.1 Å². The molecule has 0 saturated carbocycles. The first-order valence-corrected chi connectivity index (χ1v) is 52.6. The number of para-hydroxylation sites is 1. The van der Waals surface area contributed by atoms with E-state index in [1.54, 1.807) is 182 Å². The highest BCUT2D eigenvalue weighted by atomic mass is 35.5. The van der Waals surface area contributed by atoms with Gasteiger partial charge in [-0.05, 0) is 225 Å². The van der Waals surface area contributed by atoms with Crippen LogP contribution in [0.4, 0.5) is 28.6 Å². The molecule has 15 aromatic rings. The van der Waals surface area contributed by atoms with Crippen molar-refractivity contribution in [3.63, 3.8) is 0 Å². The molecule has 5 N–H and O–H groups in total. The van der Waals surface area contributed by atoms with Crippen molar-refractivity contribution >= 4 is 148 Å². The summed E-state index contributed by atoms with van der Waals surface area (Å²) in [5.74, 6) is 0.669. The average molecular weight is 2070 g/mol. The molecule has 6 aromatic heterocycles. The number of sulfonamides is 5. The molecule has 0 aliphatic rings. The number of aromatic nitrogens is 6. The number of pyridine rings is 6. The Kier molecular flexibility index (Phi) is 37.6. The van der Waals surface area contributed by atoms with Gasteiger partial charge in [0.15, 0.2) is 29.0 Å². The third kappa shape index (κ3) is 31.4. The Balaban J connectivity index is 0.000000168. The molecule has 0 fully saturated rings. The molecule has 0 radical (unpaired) electrons. The monoisotopic (exact) mass is 2070 g/mol. The van der Waals surface area contributed by atoms with Gasteiger partial charge in [-0.25, -0.2) is 62.0 Å². The van der Waals surface area contributed by atoms with E-state index < -0.39 is 55.9 Å². The molecule has 0 unspecified atom stereocenters. The lowest BCUT2D eigenvalue weighted by atomic mass is 10.0. The lowest BCUT2D eigenvalue weighted by Crippen LogP contribution is -2.17. The number of ketones is 4. The number of carbonyl (C=O) groups excluding carboxylic acids is 4. The summed E-state index contributed by atoms with van der Waals surface area (Å²) in [5.41, 5.74) is 4.39. The van der Waals surface area contributed by atoms with Gasteiger partial charge in [-0.1, -0.05) is 182 Å². The number of nitrogens with one attached hydrogen (secondary N) is 5. The van der Waals surface area contributed by atoms with Gasteiger partial charge in [-0.3, -0.25) is 52.8 Å². The Bertz CT molecular complexity index is 7090. The van der Waals surface area contributed by atoms with Gasteiger partial charge in [0.25, 0.3) is 50.1 Å². The summed E-state index contributed by atoms with van der Waals surface area (Å²) in [7, 11) is -19.5. The molecule has 141 heavy (non-hydrogen) atoms. The van der Waals surface area contributed by atoms with Gasteiger partial charge in [0.1, 0.15) is 26.3 Å². The summed E-state index contributed by atoms with van der Waals surface area (Å²) in [5, 5.41) is 1.81. The van der Waals surface area contributed by atoms with E-state index in [4.69, 9.17) is 53.8 Å². The van der Waals surface area contributed by atoms with Gasteiger partial charge >= 0.3 is 0 Å². The zero-order valence-corrected chi connectivity index (χ0v) is 84.5. The van der Waals surface area contributed by atoms with E-state index in [0.717, 1.165) is 10.6 Å². The summed E-state index contributed by atoms with van der Waals surface area (Å²) in [6.45, 7) is 19.1. The number of ether oxygens (including phenoxy) is 4. The van der Waals surface area contributed by atoms with Crippen LogP contribution < -0.4 is 42.6 Å². The maximum Gasteiger partial charge on any atom is 0.264 e. The molecule has 29 nitrogen and oxygen atoms in total. The number of rotatable bonds is 34. The molecule has 6 heterocycles. The van der Waals surface area contributed by atoms with Crippen molar-refractivity contribution in [3.8, 4) is 23.3 Å². The molecular weight excluding hydrogens is 1980 g/mol. The maximum atomic E-state index is 12.9. The molecule has 0 saturated heterocycles. The number of halogens is 3. The van der Waals surface area contributed by atoms with Crippen molar-refractivity contribution in [1.82, 2.24) is 29.9 Å². The normalized spacial score (nSPS) is 11.3. The molecule has 0 spiro atoms. The summed E-state index contributed by atoms with van der Waals surface area (Å²) in [4.78, 5) is 76.2. The second kappa shape index (κ2) is 49.5. The van der Waals surface area contributed by atoms with Crippen molar-refractivity contribution in [3.05, 3.63) is 406 Å². The lowest BCUT2D eigenvalue weighted by Gasteiger charge is -2.13. The second-order valence-electron chi connectivity index (χ2n) is 31.8. The van der Waals surface area contributed by atoms with Crippen LogP contribution in [0.2, 0.25) is 15.1 Å². The molecule has 0 aliphatic heterocycles. The standard InChI is InChI=1S/C22H21NO4S.C21H19ClN2O4S.C20H18ClN3O4S.C20H19ClN2O2S2.C20H19N3O4S/c1-16(2)27-18-12-14-19(15-13-18)28(25,26)23-21-11-7-6-10-20(21)22(24)17-8-4-3-5-9-17;1-14(2)28-20-11-9-17(13-23-20)29(26,27)24-19-10-8-16(22)12-18(19)21(25)15-6-4-3-5-7-15;1-13(2)28-18-9-8-16(12-22-18)29(26,27)24-20-17(10-15(21)11-23-20)19(25)14-6-4-3-5-7-14;1-14(2)15-6-9-17(10-7-15)27(24,25)23-18-11-8-16(21)13-19(18)26-20-5-3-4-12-22-20;1-14(2)27-16-3-5-17(6-4-16)28(25,26)23-19-9-12-22-13-18(19)20(24)15-7-10-21-11-8-15/h3-16,23H,1-2H3;3-14,24H,1-2H3;3-13H,1-2H3,(H,23,24);3-14,23H,1-2H3;3-14H,1-2H3,(H,22,23). The van der Waals surface area contributed by atoms with E-state index in [-0.39, 0.29) is 116 Å². The topological polar surface area (TPSA) is 413 Å². The number of hydrogen-bond acceptors (Lipinski definition) is 25. The highest BCUT2D eigenvalue weighted by molar-refractivity contribution is 7.99. The molecule has 9 aromatic carbocycles. The van der Waals surface area contributed by atoms with Gasteiger partial charge in [-0.2, -0.15) is 0 Å². The fraction of sp³-hybridized carbons (Fsp3) is 0.146. The molecule has 38 heteroatoms. The van der Waals surface area contributed by atoms with Gasteiger partial charge in [0.2, 0.25) is 11.8 Å². The van der Waals surface area contributed by atoms with Crippen LogP contribution in [0.5, 0.6) is 23.3 Å². The first-order chi connectivity index (χ1) is 67.1. The predicted octanol–water partition coefficient (Wildman–Crippen LogP) is 22.1. The van der Waals surface area contributed by atoms with E-state index in [2.05, 4.69) is 67.4 Å². The lowest BCUT2D eigenvalue weighted by molar-refractivity contribution is 0.103. The average Bonchev–Trinajstić information content (AvgIpc) is 0.863. The molecule has 0 amide bonds. The van der Waals surface area contributed by atoms with Gasteiger partial charge in [0.05, 0.1) is 90.4 Å². The van der Waals surface area contributed by atoms with Gasteiger partial charge in [0, 0.05) is 97.6 Å². The Labute approximate surface area is 838 Å². The van der Waals surface area contributed by atoms with Crippen LogP contribution in [0.15, 0.2) is 375 Å². The van der Waals surface area contributed by atoms with Crippen LogP contribution in [0.3, 0.4) is 0 Å². The van der Waals surface area contributed by atoms with Crippen LogP contribution in [0, 0.1) is 0 Å². The Morgan fingerprint density at radius 3 is 1.13 bits per heavy atom. The Hall–Kier alpha value is -14.3. The third-order valence-corrected chi connectivity index (χ3v) is 27.7. The fourth-order valence-corrected chi connectivity index (χ4v) is 19.4. The molecule has 0 atom stereocenters. The first-order valence-electron chi connectivity index (χ1n) is 43.2. The minimum absolute atomic E-state index is 0.00328. The molecule has 728 valence electrons. The third-order valence-electron chi connectivity index (χ3n) is 19.2. The predicted molar refractivity (Wildman–Crippen MR) is 547 cm³/mol. The van der Waals surface area contributed by atoms with Crippen LogP contribution in [0.1, 0.15) is 144 Å². The van der Waals surface area contributed by atoms with Crippen molar-refractivity contribution < 1.29 is 80.2 Å². The molecule has 15 rings (SSSR count). The number of anilines is 5. The first kappa shape index (κ1) is 107. The summed E-state index contributed by atoms with van der Waals surface area (Å²) in [6.07, 6.45) is 10.9. The largest absolute Gasteiger partial charge is 0.491 e. The molecular formula is C103H96Cl3N11O18S6. The van der Waals surface area contributed by atoms with Crippen molar-refractivity contribution in [1.29, 1.82) is 0 Å². The van der Waals surface area contributed by atoms with E-state index in [1.807, 2.05) is 91.8 Å². The zero-order valence-electron chi connectivity index (χ0n) is 77.3. The van der Waals surface area contributed by atoms with Crippen molar-refractivity contribution in [2.75, 3.05) is 23.6 Å². The smallest absolute Gasteiger partial charge is 0.264 e. The van der Waals surface area contributed by atoms with E-state index in [1.165, 1.54) is 134 Å². The van der Waals surface area contributed by atoms with Gasteiger partial charge < -0.3 is 18.9 Å². The number of hydrogen-bond donors (Lipinski definition) is 5. The maximum absolute atomic E-state index is 12.9. The van der Waals surface area contributed by atoms with Crippen LogP contribution >= 0.6 is 46.6 Å². The Morgan fingerprint density at radius 2 is 0.667 bits per heavy atom. The number of nitrogens with zero attached hydrogens (tertiary/aromatic N) is 6. The Morgan fingerprint density at radius 1 is 0.291 bits per heavy atom. The SMILES string of the molecule is CC(C)Oc1ccc(S(=O)(=O)Nc2ccc(Cl)cc2C(=O)c2ccccc2)cn1.CC(C)Oc1ccc(S(=O)(=O)Nc2ccccc2C(=O)c2ccccc2)cc1.CC(C)Oc1ccc(S(=O)(=O)Nc2ccncc2C(=O)c2ccncc2)cc1.CC(C)Oc1ccc(S(=O)(=O)Nc2ncc(Cl)cc2C(=O)c2ccccc2)cn1.CC(C)c1ccc(S(=O)(=O)Nc2ccc(Cl)cc2Sc2ccccn2)cc1. The van der Waals surface area contributed by atoms with E-state index in [9.17, 15) is 61.3 Å². The number of benzene rings is 9.